The van der Waals surface area contributed by atoms with E-state index in [-0.39, 0.29) is 11.7 Å². The SMILES string of the molecule is CC(=NNC(=O)c1ccc(Cl)cc1)c1ccc(Cl)cc1O. The molecule has 108 valence electrons. The van der Waals surface area contributed by atoms with Crippen molar-refractivity contribution in [3.05, 3.63) is 63.6 Å². The van der Waals surface area contributed by atoms with Gasteiger partial charge in [0.15, 0.2) is 0 Å². The van der Waals surface area contributed by atoms with Crippen molar-refractivity contribution >= 4 is 34.8 Å². The summed E-state index contributed by atoms with van der Waals surface area (Å²) in [6.45, 7) is 1.67. The van der Waals surface area contributed by atoms with E-state index in [1.165, 1.54) is 6.07 Å². The van der Waals surface area contributed by atoms with Crippen LogP contribution in [0.2, 0.25) is 10.0 Å². The topological polar surface area (TPSA) is 61.7 Å². The maximum Gasteiger partial charge on any atom is 0.271 e. The van der Waals surface area contributed by atoms with E-state index < -0.39 is 0 Å². The third-order valence-corrected chi connectivity index (χ3v) is 3.27. The molecule has 0 atom stereocenters. The van der Waals surface area contributed by atoms with Gasteiger partial charge in [0, 0.05) is 21.2 Å². The van der Waals surface area contributed by atoms with E-state index >= 15 is 0 Å². The molecule has 0 unspecified atom stereocenters. The van der Waals surface area contributed by atoms with Crippen LogP contribution in [0.1, 0.15) is 22.8 Å². The molecule has 4 nitrogen and oxygen atoms in total. The number of nitrogens with one attached hydrogen (secondary N) is 1. The highest BCUT2D eigenvalue weighted by Gasteiger charge is 2.07. The largest absolute Gasteiger partial charge is 0.507 e. The first-order valence-corrected chi connectivity index (χ1v) is 6.82. The Morgan fingerprint density at radius 3 is 2.33 bits per heavy atom. The second-order valence-corrected chi connectivity index (χ2v) is 5.18. The van der Waals surface area contributed by atoms with Gasteiger partial charge >= 0.3 is 0 Å². The zero-order valence-corrected chi connectivity index (χ0v) is 12.6. The van der Waals surface area contributed by atoms with Crippen molar-refractivity contribution < 1.29 is 9.90 Å². The first-order valence-electron chi connectivity index (χ1n) is 6.06. The molecule has 0 radical (unpaired) electrons. The lowest BCUT2D eigenvalue weighted by molar-refractivity contribution is 0.0955. The Hall–Kier alpha value is -2.04. The van der Waals surface area contributed by atoms with Crippen molar-refractivity contribution in [1.82, 2.24) is 5.43 Å². The summed E-state index contributed by atoms with van der Waals surface area (Å²) in [4.78, 5) is 11.9. The molecule has 2 rings (SSSR count). The van der Waals surface area contributed by atoms with Gasteiger partial charge < -0.3 is 5.11 Å². The average Bonchev–Trinajstić information content (AvgIpc) is 2.45. The van der Waals surface area contributed by atoms with Crippen molar-refractivity contribution in [2.24, 2.45) is 5.10 Å². The van der Waals surface area contributed by atoms with Gasteiger partial charge in [-0.25, -0.2) is 5.43 Å². The number of carbonyl (C=O) groups is 1. The van der Waals surface area contributed by atoms with E-state index in [4.69, 9.17) is 23.2 Å². The molecule has 1 amide bonds. The molecule has 2 aromatic carbocycles. The monoisotopic (exact) mass is 322 g/mol. The summed E-state index contributed by atoms with van der Waals surface area (Å²) in [7, 11) is 0. The second-order valence-electron chi connectivity index (χ2n) is 4.31. The number of hydrogen-bond donors (Lipinski definition) is 2. The Labute approximate surface area is 132 Å². The Kier molecular flexibility index (Phi) is 4.83. The maximum absolute atomic E-state index is 11.9. The van der Waals surface area contributed by atoms with Gasteiger partial charge in [-0.1, -0.05) is 23.2 Å². The molecule has 0 aromatic heterocycles. The van der Waals surface area contributed by atoms with Gasteiger partial charge in [-0.05, 0) is 49.4 Å². The fraction of sp³-hybridized carbons (Fsp3) is 0.0667. The summed E-state index contributed by atoms with van der Waals surface area (Å²) in [5.41, 5.74) is 3.82. The number of phenols is 1. The van der Waals surface area contributed by atoms with Crippen LogP contribution in [-0.2, 0) is 0 Å². The van der Waals surface area contributed by atoms with Crippen LogP contribution in [0, 0.1) is 0 Å². The summed E-state index contributed by atoms with van der Waals surface area (Å²) in [6.07, 6.45) is 0. The Bertz CT molecular complexity index is 697. The van der Waals surface area contributed by atoms with Gasteiger partial charge in [-0.15, -0.1) is 0 Å². The van der Waals surface area contributed by atoms with Crippen LogP contribution in [-0.4, -0.2) is 16.7 Å². The molecule has 0 bridgehead atoms. The average molecular weight is 323 g/mol. The third-order valence-electron chi connectivity index (χ3n) is 2.78. The number of aromatic hydroxyl groups is 1. The van der Waals surface area contributed by atoms with Gasteiger partial charge in [-0.3, -0.25) is 4.79 Å². The van der Waals surface area contributed by atoms with Crippen molar-refractivity contribution in [2.45, 2.75) is 6.92 Å². The Morgan fingerprint density at radius 2 is 1.71 bits per heavy atom. The highest BCUT2D eigenvalue weighted by Crippen LogP contribution is 2.22. The molecule has 0 fully saturated rings. The number of carbonyl (C=O) groups excluding carboxylic acids is 1. The molecule has 2 N–H and O–H groups in total. The molecular formula is C15H12Cl2N2O2. The van der Waals surface area contributed by atoms with Crippen molar-refractivity contribution in [1.29, 1.82) is 0 Å². The van der Waals surface area contributed by atoms with Crippen LogP contribution < -0.4 is 5.43 Å². The molecule has 0 saturated carbocycles. The van der Waals surface area contributed by atoms with Crippen LogP contribution in [0.15, 0.2) is 47.6 Å². The number of rotatable bonds is 3. The highest BCUT2D eigenvalue weighted by molar-refractivity contribution is 6.31. The Morgan fingerprint density at radius 1 is 1.10 bits per heavy atom. The number of hydrogen-bond acceptors (Lipinski definition) is 3. The van der Waals surface area contributed by atoms with E-state index in [2.05, 4.69) is 10.5 Å². The summed E-state index contributed by atoms with van der Waals surface area (Å²) < 4.78 is 0. The summed E-state index contributed by atoms with van der Waals surface area (Å²) in [5, 5.41) is 14.7. The lowest BCUT2D eigenvalue weighted by Crippen LogP contribution is -2.19. The van der Waals surface area contributed by atoms with Gasteiger partial charge in [0.25, 0.3) is 5.91 Å². The number of amides is 1. The standard InChI is InChI=1S/C15H12Cl2N2O2/c1-9(13-7-6-12(17)8-14(13)20)18-19-15(21)10-2-4-11(16)5-3-10/h2-8,20H,1H3,(H,19,21). The van der Waals surface area contributed by atoms with Crippen LogP contribution >= 0.6 is 23.2 Å². The number of benzene rings is 2. The van der Waals surface area contributed by atoms with E-state index in [0.29, 0.717) is 26.9 Å². The molecule has 2 aromatic rings. The first-order chi connectivity index (χ1) is 9.97. The molecule has 6 heteroatoms. The number of halogens is 2. The van der Waals surface area contributed by atoms with Crippen molar-refractivity contribution in [2.75, 3.05) is 0 Å². The van der Waals surface area contributed by atoms with Crippen LogP contribution in [0.5, 0.6) is 5.75 Å². The number of phenolic OH excluding ortho intramolecular Hbond substituents is 1. The van der Waals surface area contributed by atoms with Gasteiger partial charge in [0.1, 0.15) is 5.75 Å². The smallest absolute Gasteiger partial charge is 0.271 e. The predicted octanol–water partition coefficient (Wildman–Crippen LogP) is 3.85. The molecule has 0 aliphatic heterocycles. The molecule has 21 heavy (non-hydrogen) atoms. The zero-order chi connectivity index (χ0) is 15.4. The van der Waals surface area contributed by atoms with Gasteiger partial charge in [-0.2, -0.15) is 5.10 Å². The summed E-state index contributed by atoms with van der Waals surface area (Å²) in [6, 6.07) is 11.1. The van der Waals surface area contributed by atoms with E-state index in [1.54, 1.807) is 43.3 Å². The van der Waals surface area contributed by atoms with Crippen molar-refractivity contribution in [3.8, 4) is 5.75 Å². The van der Waals surface area contributed by atoms with E-state index in [1.807, 2.05) is 0 Å². The minimum atomic E-state index is -0.362. The second kappa shape index (κ2) is 6.61. The van der Waals surface area contributed by atoms with E-state index in [0.717, 1.165) is 0 Å². The highest BCUT2D eigenvalue weighted by atomic mass is 35.5. The van der Waals surface area contributed by atoms with Crippen LogP contribution in [0.25, 0.3) is 0 Å². The van der Waals surface area contributed by atoms with Gasteiger partial charge in [0.05, 0.1) is 5.71 Å². The normalized spacial score (nSPS) is 11.3. The fourth-order valence-electron chi connectivity index (χ4n) is 1.67. The lowest BCUT2D eigenvalue weighted by atomic mass is 10.1. The van der Waals surface area contributed by atoms with Crippen LogP contribution in [0.3, 0.4) is 0 Å². The molecule has 0 saturated heterocycles. The molecule has 0 aliphatic carbocycles. The van der Waals surface area contributed by atoms with E-state index in [9.17, 15) is 9.90 Å². The summed E-state index contributed by atoms with van der Waals surface area (Å²) in [5.74, 6) is -0.357. The quantitative estimate of drug-likeness (QED) is 0.666. The first kappa shape index (κ1) is 15.4. The van der Waals surface area contributed by atoms with Crippen molar-refractivity contribution in [3.63, 3.8) is 0 Å². The number of hydrazone groups is 1. The molecule has 0 heterocycles. The number of nitrogens with zero attached hydrogens (tertiary/aromatic N) is 1. The zero-order valence-electron chi connectivity index (χ0n) is 11.1. The maximum atomic E-state index is 11.9. The molecule has 0 spiro atoms. The molecule has 0 aliphatic rings. The Balaban J connectivity index is 2.12. The predicted molar refractivity (Wildman–Crippen MR) is 84.2 cm³/mol. The molecular weight excluding hydrogens is 311 g/mol. The minimum absolute atomic E-state index is 0.00416. The third kappa shape index (κ3) is 3.97. The van der Waals surface area contributed by atoms with Gasteiger partial charge in [0.2, 0.25) is 0 Å². The van der Waals surface area contributed by atoms with Crippen LogP contribution in [0.4, 0.5) is 0 Å². The lowest BCUT2D eigenvalue weighted by Gasteiger charge is -2.05. The minimum Gasteiger partial charge on any atom is -0.507 e. The fourth-order valence-corrected chi connectivity index (χ4v) is 1.96. The summed E-state index contributed by atoms with van der Waals surface area (Å²) >= 11 is 11.5.